The van der Waals surface area contributed by atoms with Crippen LogP contribution in [0.5, 0.6) is 5.75 Å². The van der Waals surface area contributed by atoms with Crippen molar-refractivity contribution in [3.05, 3.63) is 23.8 Å². The molecule has 19 heavy (non-hydrogen) atoms. The number of carbonyl (C=O) groups is 1. The molecule has 1 heterocycles. The first-order chi connectivity index (χ1) is 9.13. The van der Waals surface area contributed by atoms with E-state index in [1.807, 2.05) is 0 Å². The van der Waals surface area contributed by atoms with Gasteiger partial charge >= 0.3 is 0 Å². The zero-order chi connectivity index (χ0) is 13.4. The van der Waals surface area contributed by atoms with Crippen molar-refractivity contribution in [2.45, 2.75) is 31.3 Å². The van der Waals surface area contributed by atoms with Crippen LogP contribution >= 0.6 is 0 Å². The lowest BCUT2D eigenvalue weighted by Crippen LogP contribution is -2.37. The highest BCUT2D eigenvalue weighted by Crippen LogP contribution is 2.30. The Morgan fingerprint density at radius 1 is 1.37 bits per heavy atom. The highest BCUT2D eigenvalue weighted by molar-refractivity contribution is 5.95. The van der Waals surface area contributed by atoms with E-state index in [9.17, 15) is 9.90 Å². The van der Waals surface area contributed by atoms with Crippen molar-refractivity contribution in [1.29, 1.82) is 0 Å². The summed E-state index contributed by atoms with van der Waals surface area (Å²) in [5.41, 5.74) is 6.27. The first-order valence-corrected chi connectivity index (χ1v) is 6.77. The normalized spacial score (nSPS) is 23.5. The summed E-state index contributed by atoms with van der Waals surface area (Å²) in [4.78, 5) is 14.5. The number of nitrogen functional groups attached to an aromatic ring is 1. The fourth-order valence-electron chi connectivity index (χ4n) is 2.63. The van der Waals surface area contributed by atoms with Gasteiger partial charge in [-0.1, -0.05) is 0 Å². The van der Waals surface area contributed by atoms with E-state index in [0.717, 1.165) is 25.6 Å². The van der Waals surface area contributed by atoms with Gasteiger partial charge in [-0.15, -0.1) is 0 Å². The van der Waals surface area contributed by atoms with Crippen LogP contribution in [0.1, 0.15) is 29.6 Å². The zero-order valence-corrected chi connectivity index (χ0v) is 10.8. The molecule has 1 saturated carbocycles. The van der Waals surface area contributed by atoms with Crippen molar-refractivity contribution in [1.82, 2.24) is 10.2 Å². The maximum Gasteiger partial charge on any atom is 0.251 e. The van der Waals surface area contributed by atoms with Crippen molar-refractivity contribution in [2.75, 3.05) is 18.8 Å². The first kappa shape index (κ1) is 12.3. The Morgan fingerprint density at radius 3 is 2.84 bits per heavy atom. The largest absolute Gasteiger partial charge is 0.506 e. The molecule has 5 heteroatoms. The van der Waals surface area contributed by atoms with Crippen molar-refractivity contribution < 1.29 is 9.90 Å². The SMILES string of the molecule is Nc1ccc(C(=O)NC2CCN(C3CC3)C2)cc1O. The number of rotatable bonds is 3. The molecule has 102 valence electrons. The molecule has 2 aliphatic rings. The second-order valence-electron chi connectivity index (χ2n) is 5.46. The van der Waals surface area contributed by atoms with Crippen LogP contribution < -0.4 is 11.1 Å². The molecule has 4 N–H and O–H groups in total. The molecule has 1 aliphatic heterocycles. The summed E-state index contributed by atoms with van der Waals surface area (Å²) in [5, 5.41) is 12.5. The third-order valence-corrected chi connectivity index (χ3v) is 3.91. The summed E-state index contributed by atoms with van der Waals surface area (Å²) < 4.78 is 0. The van der Waals surface area contributed by atoms with E-state index in [1.54, 1.807) is 12.1 Å². The number of phenolic OH excluding ortho intramolecular Hbond substituents is 1. The quantitative estimate of drug-likeness (QED) is 0.559. The Bertz CT molecular complexity index is 499. The van der Waals surface area contributed by atoms with Gasteiger partial charge in [-0.2, -0.15) is 0 Å². The Hall–Kier alpha value is -1.75. The maximum atomic E-state index is 12.1. The topological polar surface area (TPSA) is 78.6 Å². The minimum Gasteiger partial charge on any atom is -0.506 e. The number of hydrogen-bond donors (Lipinski definition) is 3. The van der Waals surface area contributed by atoms with Gasteiger partial charge in [0.25, 0.3) is 5.91 Å². The lowest BCUT2D eigenvalue weighted by atomic mass is 10.1. The van der Waals surface area contributed by atoms with Crippen LogP contribution in [0.3, 0.4) is 0 Å². The van der Waals surface area contributed by atoms with Gasteiger partial charge in [0.1, 0.15) is 5.75 Å². The highest BCUT2D eigenvalue weighted by atomic mass is 16.3. The minimum atomic E-state index is -0.141. The van der Waals surface area contributed by atoms with E-state index in [4.69, 9.17) is 5.73 Å². The number of amides is 1. The number of likely N-dealkylation sites (tertiary alicyclic amines) is 1. The summed E-state index contributed by atoms with van der Waals surface area (Å²) in [6.07, 6.45) is 3.60. The van der Waals surface area contributed by atoms with Gasteiger partial charge in [-0.25, -0.2) is 0 Å². The van der Waals surface area contributed by atoms with Gasteiger partial charge in [0.15, 0.2) is 0 Å². The van der Waals surface area contributed by atoms with Crippen molar-refractivity contribution in [3.63, 3.8) is 0 Å². The number of aromatic hydroxyl groups is 1. The average molecular weight is 261 g/mol. The maximum absolute atomic E-state index is 12.1. The molecule has 1 aromatic rings. The van der Waals surface area contributed by atoms with Crippen LogP contribution in [-0.4, -0.2) is 41.1 Å². The second-order valence-corrected chi connectivity index (χ2v) is 5.46. The predicted octanol–water partition coefficient (Wildman–Crippen LogP) is 0.941. The summed E-state index contributed by atoms with van der Waals surface area (Å²) >= 11 is 0. The van der Waals surface area contributed by atoms with Crippen molar-refractivity contribution in [2.24, 2.45) is 0 Å². The van der Waals surface area contributed by atoms with Crippen LogP contribution in [0.4, 0.5) is 5.69 Å². The number of carbonyl (C=O) groups excluding carboxylic acids is 1. The molecule has 3 rings (SSSR count). The number of nitrogens with zero attached hydrogens (tertiary/aromatic N) is 1. The van der Waals surface area contributed by atoms with E-state index in [-0.39, 0.29) is 23.4 Å². The Morgan fingerprint density at radius 2 is 2.16 bits per heavy atom. The lowest BCUT2D eigenvalue weighted by molar-refractivity contribution is 0.0937. The van der Waals surface area contributed by atoms with Crippen LogP contribution in [0, 0.1) is 0 Å². The Balaban J connectivity index is 1.60. The number of nitrogens with two attached hydrogens (primary N) is 1. The summed E-state index contributed by atoms with van der Waals surface area (Å²) in [5.74, 6) is -0.184. The van der Waals surface area contributed by atoms with Crippen LogP contribution in [-0.2, 0) is 0 Å². The molecule has 1 saturated heterocycles. The van der Waals surface area contributed by atoms with Crippen LogP contribution in [0.2, 0.25) is 0 Å². The predicted molar refractivity (Wildman–Crippen MR) is 73.0 cm³/mol. The van der Waals surface area contributed by atoms with Gasteiger partial charge in [-0.05, 0) is 37.5 Å². The monoisotopic (exact) mass is 261 g/mol. The molecule has 0 aromatic heterocycles. The van der Waals surface area contributed by atoms with E-state index in [1.165, 1.54) is 18.9 Å². The highest BCUT2D eigenvalue weighted by Gasteiger charge is 2.34. The number of phenols is 1. The molecule has 1 unspecified atom stereocenters. The lowest BCUT2D eigenvalue weighted by Gasteiger charge is -2.16. The van der Waals surface area contributed by atoms with Gasteiger partial charge in [0.2, 0.25) is 0 Å². The molecule has 1 amide bonds. The summed E-state index contributed by atoms with van der Waals surface area (Å²) in [6, 6.07) is 5.57. The van der Waals surface area contributed by atoms with Gasteiger partial charge < -0.3 is 16.2 Å². The van der Waals surface area contributed by atoms with Crippen LogP contribution in [0.15, 0.2) is 18.2 Å². The number of benzene rings is 1. The molecule has 1 aliphatic carbocycles. The van der Waals surface area contributed by atoms with Crippen molar-refractivity contribution >= 4 is 11.6 Å². The molecule has 5 nitrogen and oxygen atoms in total. The zero-order valence-electron chi connectivity index (χ0n) is 10.8. The molecule has 0 spiro atoms. The molecular formula is C14H19N3O2. The molecular weight excluding hydrogens is 242 g/mol. The number of nitrogens with one attached hydrogen (secondary N) is 1. The number of hydrogen-bond acceptors (Lipinski definition) is 4. The molecule has 1 aromatic carbocycles. The van der Waals surface area contributed by atoms with E-state index in [2.05, 4.69) is 10.2 Å². The van der Waals surface area contributed by atoms with E-state index < -0.39 is 0 Å². The summed E-state index contributed by atoms with van der Waals surface area (Å²) in [7, 11) is 0. The first-order valence-electron chi connectivity index (χ1n) is 6.77. The third kappa shape index (κ3) is 2.66. The van der Waals surface area contributed by atoms with Gasteiger partial charge in [0, 0.05) is 30.7 Å². The Labute approximate surface area is 112 Å². The summed E-state index contributed by atoms with van der Waals surface area (Å²) in [6.45, 7) is 2.01. The Kier molecular flexibility index (Phi) is 3.06. The molecule has 0 radical (unpaired) electrons. The standard InChI is InChI=1S/C14H19N3O2/c15-12-4-1-9(7-13(12)18)14(19)16-10-5-6-17(8-10)11-2-3-11/h1,4,7,10-11,18H,2-3,5-6,8,15H2,(H,16,19). The van der Waals surface area contributed by atoms with Crippen molar-refractivity contribution in [3.8, 4) is 5.75 Å². The van der Waals surface area contributed by atoms with Gasteiger partial charge in [0.05, 0.1) is 5.69 Å². The minimum absolute atomic E-state index is 0.0429. The fraction of sp³-hybridized carbons (Fsp3) is 0.500. The van der Waals surface area contributed by atoms with E-state index in [0.29, 0.717) is 5.56 Å². The smallest absolute Gasteiger partial charge is 0.251 e. The molecule has 2 fully saturated rings. The molecule has 1 atom stereocenters. The number of anilines is 1. The fourth-order valence-corrected chi connectivity index (χ4v) is 2.63. The van der Waals surface area contributed by atoms with Crippen LogP contribution in [0.25, 0.3) is 0 Å². The third-order valence-electron chi connectivity index (χ3n) is 3.91. The average Bonchev–Trinajstić information content (AvgIpc) is 3.14. The van der Waals surface area contributed by atoms with Gasteiger partial charge in [-0.3, -0.25) is 9.69 Å². The second kappa shape index (κ2) is 4.74. The molecule has 0 bridgehead atoms. The van der Waals surface area contributed by atoms with E-state index >= 15 is 0 Å².